The number of hydrogen-bond acceptors (Lipinski definition) is 6. The minimum absolute atomic E-state index is 0.194. The van der Waals surface area contributed by atoms with Crippen LogP contribution >= 0.6 is 0 Å². The highest BCUT2D eigenvalue weighted by atomic mass is 19.1. The van der Waals surface area contributed by atoms with Gasteiger partial charge in [0, 0.05) is 0 Å². The molecule has 0 amide bonds. The second-order valence-corrected chi connectivity index (χ2v) is 6.57. The lowest BCUT2D eigenvalue weighted by molar-refractivity contribution is 0.0729. The van der Waals surface area contributed by atoms with Crippen molar-refractivity contribution < 1.29 is 32.9 Å². The smallest absolute Gasteiger partial charge is 0.343 e. The van der Waals surface area contributed by atoms with Crippen molar-refractivity contribution in [3.63, 3.8) is 0 Å². The van der Waals surface area contributed by atoms with Gasteiger partial charge in [-0.2, -0.15) is 0 Å². The van der Waals surface area contributed by atoms with Crippen LogP contribution in [0.15, 0.2) is 66.7 Å². The van der Waals surface area contributed by atoms with Crippen LogP contribution in [0, 0.1) is 5.82 Å². The summed E-state index contributed by atoms with van der Waals surface area (Å²) in [5, 5.41) is 0. The zero-order valence-corrected chi connectivity index (χ0v) is 17.8. The molecule has 0 atom stereocenters. The van der Waals surface area contributed by atoms with E-state index in [0.717, 1.165) is 0 Å². The monoisotopic (exact) mass is 436 g/mol. The first-order valence-corrected chi connectivity index (χ1v) is 9.55. The Morgan fingerprint density at radius 1 is 0.781 bits per heavy atom. The molecule has 3 aromatic carbocycles. The normalized spacial score (nSPS) is 10.6. The Bertz CT molecular complexity index is 1150. The summed E-state index contributed by atoms with van der Waals surface area (Å²) in [5.74, 6) is 0.0984. The molecule has 0 unspecified atom stereocenters. The standard InChI is InChI=1S/C25H21FO6/c1-29-19-10-13-22(30-2)20(15-19)21(27)11-4-16-5-12-23(24(14-16)31-3)32-25(28)17-6-8-18(26)9-7-17/h4-15H,1-3H3. The maximum absolute atomic E-state index is 13.0. The van der Waals surface area contributed by atoms with E-state index in [9.17, 15) is 14.0 Å². The van der Waals surface area contributed by atoms with Crippen LogP contribution in [0.5, 0.6) is 23.0 Å². The molecule has 0 aromatic heterocycles. The molecule has 7 heteroatoms. The number of allylic oxidation sites excluding steroid dienone is 1. The molecule has 0 aliphatic carbocycles. The van der Waals surface area contributed by atoms with Gasteiger partial charge in [0.2, 0.25) is 0 Å². The van der Waals surface area contributed by atoms with Crippen LogP contribution in [0.2, 0.25) is 0 Å². The van der Waals surface area contributed by atoms with Crippen molar-refractivity contribution in [2.24, 2.45) is 0 Å². The maximum Gasteiger partial charge on any atom is 0.343 e. The van der Waals surface area contributed by atoms with Gasteiger partial charge in [-0.05, 0) is 66.2 Å². The average molecular weight is 436 g/mol. The van der Waals surface area contributed by atoms with Gasteiger partial charge in [0.05, 0.1) is 32.5 Å². The van der Waals surface area contributed by atoms with Gasteiger partial charge in [0.1, 0.15) is 17.3 Å². The number of ketones is 1. The van der Waals surface area contributed by atoms with Gasteiger partial charge in [0.25, 0.3) is 0 Å². The Labute approximate surface area is 184 Å². The van der Waals surface area contributed by atoms with Gasteiger partial charge in [-0.3, -0.25) is 4.79 Å². The lowest BCUT2D eigenvalue weighted by Crippen LogP contribution is -2.09. The van der Waals surface area contributed by atoms with Gasteiger partial charge in [-0.1, -0.05) is 12.1 Å². The summed E-state index contributed by atoms with van der Waals surface area (Å²) >= 11 is 0. The molecule has 6 nitrogen and oxygen atoms in total. The van der Waals surface area contributed by atoms with Crippen molar-refractivity contribution in [3.05, 3.63) is 89.2 Å². The number of rotatable bonds is 8. The number of hydrogen-bond donors (Lipinski definition) is 0. The number of carbonyl (C=O) groups excluding carboxylic acids is 2. The molecule has 0 spiro atoms. The fraction of sp³-hybridized carbons (Fsp3) is 0.120. The van der Waals surface area contributed by atoms with Crippen molar-refractivity contribution in [1.29, 1.82) is 0 Å². The summed E-state index contributed by atoms with van der Waals surface area (Å²) in [7, 11) is 4.44. The van der Waals surface area contributed by atoms with E-state index in [1.54, 1.807) is 42.5 Å². The predicted molar refractivity (Wildman–Crippen MR) is 117 cm³/mol. The first-order chi connectivity index (χ1) is 15.4. The van der Waals surface area contributed by atoms with Gasteiger partial charge in [-0.25, -0.2) is 9.18 Å². The number of carbonyl (C=O) groups is 2. The molecule has 3 aromatic rings. The Kier molecular flexibility index (Phi) is 7.23. The summed E-state index contributed by atoms with van der Waals surface area (Å²) in [6.45, 7) is 0. The van der Waals surface area contributed by atoms with E-state index >= 15 is 0 Å². The largest absolute Gasteiger partial charge is 0.497 e. The van der Waals surface area contributed by atoms with Crippen LogP contribution in [-0.4, -0.2) is 33.1 Å². The molecule has 0 fully saturated rings. The van der Waals surface area contributed by atoms with Crippen LogP contribution in [0.25, 0.3) is 6.08 Å². The Morgan fingerprint density at radius 2 is 1.47 bits per heavy atom. The molecule has 32 heavy (non-hydrogen) atoms. The van der Waals surface area contributed by atoms with Crippen molar-refractivity contribution in [1.82, 2.24) is 0 Å². The molecule has 164 valence electrons. The third kappa shape index (κ3) is 5.31. The minimum atomic E-state index is -0.646. The molecule has 0 N–H and O–H groups in total. The first-order valence-electron chi connectivity index (χ1n) is 9.55. The molecular weight excluding hydrogens is 415 g/mol. The van der Waals surface area contributed by atoms with Gasteiger partial charge in [-0.15, -0.1) is 0 Å². The topological polar surface area (TPSA) is 71.1 Å². The third-order valence-corrected chi connectivity index (χ3v) is 4.57. The molecule has 0 saturated heterocycles. The number of benzene rings is 3. The lowest BCUT2D eigenvalue weighted by Gasteiger charge is -2.10. The van der Waals surface area contributed by atoms with Crippen molar-refractivity contribution in [2.45, 2.75) is 0 Å². The van der Waals surface area contributed by atoms with Gasteiger partial charge >= 0.3 is 5.97 Å². The van der Waals surface area contributed by atoms with Crippen LogP contribution in [0.4, 0.5) is 4.39 Å². The molecule has 0 radical (unpaired) electrons. The lowest BCUT2D eigenvalue weighted by atomic mass is 10.1. The molecule has 0 aliphatic heterocycles. The fourth-order valence-corrected chi connectivity index (χ4v) is 2.89. The Hall–Kier alpha value is -4.13. The SMILES string of the molecule is COc1ccc(OC)c(C(=O)C=Cc2ccc(OC(=O)c3ccc(F)cc3)c(OC)c2)c1. The number of halogens is 1. The molecule has 0 saturated carbocycles. The predicted octanol–water partition coefficient (Wildman–Crippen LogP) is 4.97. The number of methoxy groups -OCH3 is 3. The molecule has 3 rings (SSSR count). The first kappa shape index (κ1) is 22.6. The number of ether oxygens (including phenoxy) is 4. The molecule has 0 heterocycles. The third-order valence-electron chi connectivity index (χ3n) is 4.57. The van der Waals surface area contributed by atoms with E-state index in [0.29, 0.717) is 28.4 Å². The Morgan fingerprint density at radius 3 is 2.12 bits per heavy atom. The summed E-state index contributed by atoms with van der Waals surface area (Å²) in [6.07, 6.45) is 3.01. The van der Waals surface area contributed by atoms with Crippen LogP contribution in [-0.2, 0) is 0 Å². The highest BCUT2D eigenvalue weighted by molar-refractivity contribution is 6.09. The van der Waals surface area contributed by atoms with E-state index in [1.165, 1.54) is 51.7 Å². The van der Waals surface area contributed by atoms with Crippen molar-refractivity contribution in [2.75, 3.05) is 21.3 Å². The quantitative estimate of drug-likeness (QED) is 0.215. The molecular formula is C25H21FO6. The minimum Gasteiger partial charge on any atom is -0.497 e. The highest BCUT2D eigenvalue weighted by Crippen LogP contribution is 2.30. The van der Waals surface area contributed by atoms with Gasteiger partial charge < -0.3 is 18.9 Å². The molecule has 0 bridgehead atoms. The van der Waals surface area contributed by atoms with E-state index < -0.39 is 11.8 Å². The highest BCUT2D eigenvalue weighted by Gasteiger charge is 2.14. The molecule has 0 aliphatic rings. The summed E-state index contributed by atoms with van der Waals surface area (Å²) in [5.41, 5.74) is 1.22. The van der Waals surface area contributed by atoms with Gasteiger partial charge in [0.15, 0.2) is 17.3 Å². The second-order valence-electron chi connectivity index (χ2n) is 6.57. The second kappa shape index (κ2) is 10.3. The van der Waals surface area contributed by atoms with E-state index in [2.05, 4.69) is 0 Å². The van der Waals surface area contributed by atoms with Crippen LogP contribution in [0.3, 0.4) is 0 Å². The zero-order chi connectivity index (χ0) is 23.1. The summed E-state index contributed by atoms with van der Waals surface area (Å²) < 4.78 is 34.1. The zero-order valence-electron chi connectivity index (χ0n) is 17.8. The average Bonchev–Trinajstić information content (AvgIpc) is 2.82. The summed E-state index contributed by atoms with van der Waals surface area (Å²) in [6, 6.07) is 14.8. The van der Waals surface area contributed by atoms with E-state index in [1.807, 2.05) is 0 Å². The van der Waals surface area contributed by atoms with Crippen LogP contribution < -0.4 is 18.9 Å². The Balaban J connectivity index is 1.78. The van der Waals surface area contributed by atoms with Crippen molar-refractivity contribution in [3.8, 4) is 23.0 Å². The fourth-order valence-electron chi connectivity index (χ4n) is 2.89. The number of esters is 1. The van der Waals surface area contributed by atoms with Crippen molar-refractivity contribution >= 4 is 17.8 Å². The summed E-state index contributed by atoms with van der Waals surface area (Å²) in [4.78, 5) is 24.9. The van der Waals surface area contributed by atoms with E-state index in [4.69, 9.17) is 18.9 Å². The van der Waals surface area contributed by atoms with E-state index in [-0.39, 0.29) is 17.1 Å². The van der Waals surface area contributed by atoms with Crippen LogP contribution in [0.1, 0.15) is 26.3 Å². The maximum atomic E-state index is 13.0.